The van der Waals surface area contributed by atoms with Gasteiger partial charge in [-0.15, -0.1) is 0 Å². The van der Waals surface area contributed by atoms with Crippen molar-refractivity contribution in [3.8, 4) is 5.69 Å². The van der Waals surface area contributed by atoms with Crippen molar-refractivity contribution in [2.24, 2.45) is 0 Å². The fraction of sp³-hybridized carbons (Fsp3) is 0.0435. The average molecular weight is 450 g/mol. The van der Waals surface area contributed by atoms with E-state index in [9.17, 15) is 23.2 Å². The number of nitrogens with zero attached hydrogens (tertiary/aromatic N) is 2. The number of aromatic nitrogens is 2. The van der Waals surface area contributed by atoms with Crippen LogP contribution in [0.15, 0.2) is 76.1 Å². The van der Waals surface area contributed by atoms with Crippen molar-refractivity contribution in [2.45, 2.75) is 6.92 Å². The van der Waals surface area contributed by atoms with E-state index >= 15 is 0 Å². The van der Waals surface area contributed by atoms with Gasteiger partial charge < -0.3 is 15.1 Å². The summed E-state index contributed by atoms with van der Waals surface area (Å²) in [7, 11) is 0. The van der Waals surface area contributed by atoms with E-state index in [-0.39, 0.29) is 28.3 Å². The highest BCUT2D eigenvalue weighted by atomic mass is 19.1. The Morgan fingerprint density at radius 3 is 2.39 bits per heavy atom. The lowest BCUT2D eigenvalue weighted by atomic mass is 10.2. The van der Waals surface area contributed by atoms with Crippen molar-refractivity contribution >= 4 is 23.2 Å². The molecule has 8 nitrogen and oxygen atoms in total. The van der Waals surface area contributed by atoms with E-state index in [4.69, 9.17) is 4.42 Å². The molecule has 0 aliphatic carbocycles. The van der Waals surface area contributed by atoms with Crippen molar-refractivity contribution < 1.29 is 22.8 Å². The van der Waals surface area contributed by atoms with Crippen LogP contribution in [0.2, 0.25) is 0 Å². The number of hydrogen-bond acceptors (Lipinski definition) is 5. The van der Waals surface area contributed by atoms with E-state index in [0.29, 0.717) is 5.76 Å². The molecule has 0 bridgehead atoms. The molecule has 2 aromatic heterocycles. The van der Waals surface area contributed by atoms with E-state index in [0.717, 1.165) is 28.9 Å². The molecule has 0 aliphatic heterocycles. The Hall–Kier alpha value is -4.60. The van der Waals surface area contributed by atoms with Crippen molar-refractivity contribution in [1.29, 1.82) is 0 Å². The summed E-state index contributed by atoms with van der Waals surface area (Å²) in [5, 5.41) is 8.99. The third kappa shape index (κ3) is 4.69. The third-order valence-corrected chi connectivity index (χ3v) is 4.68. The molecule has 2 amide bonds. The smallest absolute Gasteiger partial charge is 0.276 e. The summed E-state index contributed by atoms with van der Waals surface area (Å²) in [6, 6.07) is 12.5. The second-order valence-corrected chi connectivity index (χ2v) is 6.94. The molecular formula is C23H16F2N4O4. The van der Waals surface area contributed by atoms with Crippen molar-refractivity contribution in [2.75, 3.05) is 10.6 Å². The van der Waals surface area contributed by atoms with Crippen LogP contribution in [-0.4, -0.2) is 21.6 Å². The fourth-order valence-corrected chi connectivity index (χ4v) is 3.00. The zero-order chi connectivity index (χ0) is 23.5. The van der Waals surface area contributed by atoms with Gasteiger partial charge in [-0.1, -0.05) is 0 Å². The van der Waals surface area contributed by atoms with E-state index < -0.39 is 29.0 Å². The van der Waals surface area contributed by atoms with Crippen molar-refractivity contribution in [3.05, 3.63) is 106 Å². The number of rotatable bonds is 5. The lowest BCUT2D eigenvalue weighted by Crippen LogP contribution is -2.25. The first-order chi connectivity index (χ1) is 15.8. The predicted octanol–water partition coefficient (Wildman–Crippen LogP) is 3.92. The SMILES string of the molecule is Cc1occc1C(=O)Nc1cc(NC(=O)c2ccc(=O)n(-c3ccc(F)cc3)n2)ccc1F. The molecule has 2 heterocycles. The van der Waals surface area contributed by atoms with Crippen LogP contribution in [-0.2, 0) is 0 Å². The highest BCUT2D eigenvalue weighted by Gasteiger charge is 2.16. The number of aryl methyl sites for hydroxylation is 1. The Morgan fingerprint density at radius 2 is 1.70 bits per heavy atom. The fourth-order valence-electron chi connectivity index (χ4n) is 3.00. The molecule has 0 fully saturated rings. The van der Waals surface area contributed by atoms with Crippen LogP contribution in [0.3, 0.4) is 0 Å². The molecule has 166 valence electrons. The standard InChI is InChI=1S/C23H16F2N4O4/c1-13-17(10-11-33-13)22(31)27-20-12-15(4-7-18(20)25)26-23(32)19-8-9-21(30)29(28-19)16-5-2-14(24)3-6-16/h2-12H,1H3,(H,26,32)(H,27,31). The third-order valence-electron chi connectivity index (χ3n) is 4.68. The molecule has 2 aromatic carbocycles. The normalized spacial score (nSPS) is 10.6. The van der Waals surface area contributed by atoms with E-state index in [1.54, 1.807) is 6.92 Å². The predicted molar refractivity (Wildman–Crippen MR) is 116 cm³/mol. The molecule has 0 aliphatic rings. The highest BCUT2D eigenvalue weighted by molar-refractivity contribution is 6.06. The number of carbonyl (C=O) groups is 2. The van der Waals surface area contributed by atoms with Crippen LogP contribution in [0.25, 0.3) is 5.69 Å². The van der Waals surface area contributed by atoms with Gasteiger partial charge in [0.1, 0.15) is 23.1 Å². The molecule has 0 spiro atoms. The topological polar surface area (TPSA) is 106 Å². The number of carbonyl (C=O) groups excluding carboxylic acids is 2. The first-order valence-electron chi connectivity index (χ1n) is 9.64. The molecule has 0 atom stereocenters. The molecule has 0 radical (unpaired) electrons. The minimum absolute atomic E-state index is 0.108. The molecule has 2 N–H and O–H groups in total. The second kappa shape index (κ2) is 8.87. The van der Waals surface area contributed by atoms with E-state index in [2.05, 4.69) is 15.7 Å². The Bertz CT molecular complexity index is 1410. The minimum Gasteiger partial charge on any atom is -0.469 e. The minimum atomic E-state index is -0.703. The number of anilines is 2. The van der Waals surface area contributed by atoms with Crippen LogP contribution in [0, 0.1) is 18.6 Å². The Balaban J connectivity index is 1.55. The van der Waals surface area contributed by atoms with Crippen LogP contribution in [0.4, 0.5) is 20.2 Å². The zero-order valence-electron chi connectivity index (χ0n) is 17.1. The van der Waals surface area contributed by atoms with Gasteiger partial charge in [-0.25, -0.2) is 8.78 Å². The van der Waals surface area contributed by atoms with Gasteiger partial charge in [0.15, 0.2) is 0 Å². The first kappa shape index (κ1) is 21.6. The van der Waals surface area contributed by atoms with Crippen LogP contribution in [0.5, 0.6) is 0 Å². The monoisotopic (exact) mass is 450 g/mol. The van der Waals surface area contributed by atoms with Gasteiger partial charge in [0.05, 0.1) is 23.2 Å². The maximum atomic E-state index is 14.2. The van der Waals surface area contributed by atoms with Crippen molar-refractivity contribution in [1.82, 2.24) is 9.78 Å². The molecule has 10 heteroatoms. The summed E-state index contributed by atoms with van der Waals surface area (Å²) >= 11 is 0. The molecule has 0 saturated carbocycles. The summed E-state index contributed by atoms with van der Waals surface area (Å²) in [6.07, 6.45) is 1.34. The lowest BCUT2D eigenvalue weighted by molar-refractivity contribution is 0.101. The number of hydrogen-bond donors (Lipinski definition) is 2. The van der Waals surface area contributed by atoms with Crippen LogP contribution in [0.1, 0.15) is 26.6 Å². The number of amides is 2. The van der Waals surface area contributed by atoms with E-state index in [1.807, 2.05) is 0 Å². The molecular weight excluding hydrogens is 434 g/mol. The van der Waals surface area contributed by atoms with Crippen LogP contribution < -0.4 is 16.2 Å². The second-order valence-electron chi connectivity index (χ2n) is 6.94. The van der Waals surface area contributed by atoms with Gasteiger partial charge in [-0.2, -0.15) is 9.78 Å². The summed E-state index contributed by atoms with van der Waals surface area (Å²) in [4.78, 5) is 37.1. The van der Waals surface area contributed by atoms with Gasteiger partial charge in [-0.3, -0.25) is 14.4 Å². The number of nitrogens with one attached hydrogen (secondary N) is 2. The lowest BCUT2D eigenvalue weighted by Gasteiger charge is -2.10. The van der Waals surface area contributed by atoms with Gasteiger partial charge in [-0.05, 0) is 61.5 Å². The Labute approximate surface area is 185 Å². The summed E-state index contributed by atoms with van der Waals surface area (Å²) in [5.41, 5.74) is -0.0691. The maximum absolute atomic E-state index is 14.2. The highest BCUT2D eigenvalue weighted by Crippen LogP contribution is 2.22. The molecule has 4 rings (SSSR count). The molecule has 4 aromatic rings. The Kier molecular flexibility index (Phi) is 5.81. The van der Waals surface area contributed by atoms with Gasteiger partial charge in [0.25, 0.3) is 17.4 Å². The average Bonchev–Trinajstić information content (AvgIpc) is 3.23. The van der Waals surface area contributed by atoms with Crippen molar-refractivity contribution in [3.63, 3.8) is 0 Å². The first-order valence-corrected chi connectivity index (χ1v) is 9.64. The molecule has 0 saturated heterocycles. The maximum Gasteiger partial charge on any atom is 0.276 e. The largest absolute Gasteiger partial charge is 0.469 e. The number of halogens is 2. The quantitative estimate of drug-likeness (QED) is 0.480. The summed E-state index contributed by atoms with van der Waals surface area (Å²) in [5.74, 6) is -2.06. The number of furan rings is 1. The van der Waals surface area contributed by atoms with Gasteiger partial charge in [0, 0.05) is 11.8 Å². The Morgan fingerprint density at radius 1 is 0.939 bits per heavy atom. The molecule has 0 unspecified atom stereocenters. The van der Waals surface area contributed by atoms with E-state index in [1.165, 1.54) is 42.7 Å². The van der Waals surface area contributed by atoms with Gasteiger partial charge in [0.2, 0.25) is 0 Å². The zero-order valence-corrected chi connectivity index (χ0v) is 17.1. The molecule has 33 heavy (non-hydrogen) atoms. The summed E-state index contributed by atoms with van der Waals surface area (Å²) in [6.45, 7) is 1.60. The van der Waals surface area contributed by atoms with Gasteiger partial charge >= 0.3 is 0 Å². The number of benzene rings is 2. The van der Waals surface area contributed by atoms with Crippen LogP contribution >= 0.6 is 0 Å². The summed E-state index contributed by atoms with van der Waals surface area (Å²) < 4.78 is 33.4.